The summed E-state index contributed by atoms with van der Waals surface area (Å²) in [4.78, 5) is 15.7. The Labute approximate surface area is 165 Å². The van der Waals surface area contributed by atoms with Gasteiger partial charge in [0.05, 0.1) is 17.9 Å². The summed E-state index contributed by atoms with van der Waals surface area (Å²) in [5.74, 6) is -0.830. The zero-order valence-corrected chi connectivity index (χ0v) is 16.9. The first-order valence-electron chi connectivity index (χ1n) is 8.99. The third-order valence-corrected chi connectivity index (χ3v) is 5.25. The number of H-pyrrole nitrogens is 1. The van der Waals surface area contributed by atoms with Gasteiger partial charge in [-0.05, 0) is 31.0 Å². The highest BCUT2D eigenvalue weighted by atomic mass is 32.2. The molecule has 0 aliphatic carbocycles. The number of hydrogen-bond donors (Lipinski definition) is 2. The van der Waals surface area contributed by atoms with Crippen molar-refractivity contribution in [2.45, 2.75) is 25.6 Å². The van der Waals surface area contributed by atoms with Gasteiger partial charge in [-0.25, -0.2) is 9.18 Å². The first-order valence-corrected chi connectivity index (χ1v) is 10.7. The van der Waals surface area contributed by atoms with Gasteiger partial charge in [0, 0.05) is 39.6 Å². The van der Waals surface area contributed by atoms with Gasteiger partial charge in [0.1, 0.15) is 11.5 Å². The molecule has 3 aromatic rings. The molecule has 2 atom stereocenters. The number of ether oxygens (including phenoxy) is 1. The standard InChI is InChI=1S/C21H23FN2O3S/c1-4-27-21(25)20-18(13-8-9-14(11-28(3)26)17(22)10-13)16-7-5-6-15(12(2)23)19(16)24-20/h5-10,12,24H,4,11,23H2,1-3H3. The van der Waals surface area contributed by atoms with Gasteiger partial charge in [0.2, 0.25) is 0 Å². The number of benzene rings is 2. The summed E-state index contributed by atoms with van der Waals surface area (Å²) in [7, 11) is -1.15. The number of halogens is 1. The summed E-state index contributed by atoms with van der Waals surface area (Å²) in [6, 6.07) is 10.1. The lowest BCUT2D eigenvalue weighted by Gasteiger charge is -2.08. The number of aromatic nitrogens is 1. The molecule has 0 aliphatic heterocycles. The maximum Gasteiger partial charge on any atom is 0.355 e. The Balaban J connectivity index is 2.25. The highest BCUT2D eigenvalue weighted by Crippen LogP contribution is 2.36. The molecule has 0 saturated carbocycles. The van der Waals surface area contributed by atoms with Crippen LogP contribution in [0.5, 0.6) is 0 Å². The van der Waals surface area contributed by atoms with Crippen LogP contribution in [0.2, 0.25) is 0 Å². The maximum atomic E-state index is 14.6. The van der Waals surface area contributed by atoms with Gasteiger partial charge in [0.25, 0.3) is 0 Å². The summed E-state index contributed by atoms with van der Waals surface area (Å²) in [5.41, 5.74) is 9.41. The van der Waals surface area contributed by atoms with Crippen molar-refractivity contribution in [3.8, 4) is 11.1 Å². The van der Waals surface area contributed by atoms with Crippen LogP contribution in [-0.4, -0.2) is 28.0 Å². The van der Waals surface area contributed by atoms with E-state index in [0.29, 0.717) is 16.7 Å². The number of aromatic amines is 1. The third-order valence-electron chi connectivity index (χ3n) is 4.54. The number of rotatable bonds is 6. The van der Waals surface area contributed by atoms with E-state index in [1.807, 2.05) is 25.1 Å². The predicted octanol–water partition coefficient (Wildman–Crippen LogP) is 4.05. The van der Waals surface area contributed by atoms with E-state index in [9.17, 15) is 13.4 Å². The molecule has 2 aromatic carbocycles. The second-order valence-corrected chi connectivity index (χ2v) is 8.11. The van der Waals surface area contributed by atoms with Crippen molar-refractivity contribution in [2.24, 2.45) is 5.73 Å². The van der Waals surface area contributed by atoms with Crippen molar-refractivity contribution in [3.05, 3.63) is 59.0 Å². The van der Waals surface area contributed by atoms with Crippen LogP contribution < -0.4 is 5.73 Å². The van der Waals surface area contributed by atoms with Crippen LogP contribution in [0.1, 0.15) is 41.5 Å². The minimum absolute atomic E-state index is 0.138. The van der Waals surface area contributed by atoms with Crippen LogP contribution in [0.3, 0.4) is 0 Å². The number of carbonyl (C=O) groups is 1. The molecular formula is C21H23FN2O3S. The van der Waals surface area contributed by atoms with Gasteiger partial charge in [0.15, 0.2) is 0 Å². The van der Waals surface area contributed by atoms with E-state index in [0.717, 1.165) is 16.5 Å². The summed E-state index contributed by atoms with van der Waals surface area (Å²) in [6.07, 6.45) is 1.53. The summed E-state index contributed by atoms with van der Waals surface area (Å²) in [6.45, 7) is 3.81. The molecular weight excluding hydrogens is 379 g/mol. The zero-order valence-electron chi connectivity index (χ0n) is 16.0. The Bertz CT molecular complexity index is 1060. The van der Waals surface area contributed by atoms with E-state index in [1.165, 1.54) is 12.3 Å². The fourth-order valence-corrected chi connectivity index (χ4v) is 3.99. The minimum Gasteiger partial charge on any atom is -0.461 e. The molecule has 3 N–H and O–H groups in total. The Hall–Kier alpha value is -2.51. The fraction of sp³-hybridized carbons (Fsp3) is 0.286. The minimum atomic E-state index is -1.15. The topological polar surface area (TPSA) is 85.2 Å². The number of fused-ring (bicyclic) bond motifs is 1. The van der Waals surface area contributed by atoms with Crippen LogP contribution in [-0.2, 0) is 21.3 Å². The molecule has 5 nitrogen and oxygen atoms in total. The molecule has 0 saturated heterocycles. The number of para-hydroxylation sites is 1. The highest BCUT2D eigenvalue weighted by Gasteiger charge is 2.23. The van der Waals surface area contributed by atoms with E-state index in [2.05, 4.69) is 4.98 Å². The Kier molecular flexibility index (Phi) is 5.96. The molecule has 0 fully saturated rings. The van der Waals surface area contributed by atoms with Gasteiger partial charge in [-0.2, -0.15) is 0 Å². The van der Waals surface area contributed by atoms with Crippen LogP contribution in [0.4, 0.5) is 4.39 Å². The summed E-state index contributed by atoms with van der Waals surface area (Å²) in [5, 5.41) is 0.768. The van der Waals surface area contributed by atoms with Gasteiger partial charge in [-0.3, -0.25) is 4.21 Å². The van der Waals surface area contributed by atoms with Crippen LogP contribution >= 0.6 is 0 Å². The molecule has 7 heteroatoms. The van der Waals surface area contributed by atoms with Crippen LogP contribution in [0, 0.1) is 5.82 Å². The molecule has 0 amide bonds. The molecule has 0 aliphatic rings. The smallest absolute Gasteiger partial charge is 0.355 e. The molecule has 0 radical (unpaired) electrons. The quantitative estimate of drug-likeness (QED) is 0.609. The SMILES string of the molecule is CCOC(=O)c1[nH]c2c(C(C)N)cccc2c1-c1ccc(CS(C)=O)c(F)c1. The lowest BCUT2D eigenvalue weighted by molar-refractivity contribution is 0.0521. The lowest BCUT2D eigenvalue weighted by atomic mass is 9.98. The number of nitrogens with one attached hydrogen (secondary N) is 1. The largest absolute Gasteiger partial charge is 0.461 e. The molecule has 1 heterocycles. The number of nitrogens with two attached hydrogens (primary N) is 1. The predicted molar refractivity (Wildman–Crippen MR) is 110 cm³/mol. The van der Waals surface area contributed by atoms with Crippen molar-refractivity contribution >= 4 is 27.7 Å². The van der Waals surface area contributed by atoms with Crippen molar-refractivity contribution in [3.63, 3.8) is 0 Å². The van der Waals surface area contributed by atoms with Crippen LogP contribution in [0.15, 0.2) is 36.4 Å². The van der Waals surface area contributed by atoms with E-state index >= 15 is 0 Å². The monoisotopic (exact) mass is 402 g/mol. The van der Waals surface area contributed by atoms with Gasteiger partial charge in [-0.15, -0.1) is 0 Å². The normalized spacial score (nSPS) is 13.5. The third kappa shape index (κ3) is 3.86. The Morgan fingerprint density at radius 2 is 2.07 bits per heavy atom. The average molecular weight is 402 g/mol. The van der Waals surface area contributed by atoms with Crippen molar-refractivity contribution in [2.75, 3.05) is 12.9 Å². The second kappa shape index (κ2) is 8.24. The van der Waals surface area contributed by atoms with E-state index in [-0.39, 0.29) is 24.1 Å². The van der Waals surface area contributed by atoms with E-state index < -0.39 is 22.6 Å². The van der Waals surface area contributed by atoms with Gasteiger partial charge in [-0.1, -0.05) is 30.3 Å². The molecule has 0 bridgehead atoms. The van der Waals surface area contributed by atoms with Gasteiger partial charge >= 0.3 is 5.97 Å². The Morgan fingerprint density at radius 3 is 2.68 bits per heavy atom. The number of hydrogen-bond acceptors (Lipinski definition) is 4. The van der Waals surface area contributed by atoms with E-state index in [4.69, 9.17) is 10.5 Å². The second-order valence-electron chi connectivity index (χ2n) is 6.68. The molecule has 3 rings (SSSR count). The zero-order chi connectivity index (χ0) is 20.4. The Morgan fingerprint density at radius 1 is 1.32 bits per heavy atom. The van der Waals surface area contributed by atoms with Crippen molar-refractivity contribution < 1.29 is 18.1 Å². The number of carbonyl (C=O) groups excluding carboxylic acids is 1. The first kappa shape index (κ1) is 20.2. The lowest BCUT2D eigenvalue weighted by Crippen LogP contribution is -2.07. The summed E-state index contributed by atoms with van der Waals surface area (Å²) < 4.78 is 31.2. The molecule has 28 heavy (non-hydrogen) atoms. The summed E-state index contributed by atoms with van der Waals surface area (Å²) >= 11 is 0. The molecule has 148 valence electrons. The maximum absolute atomic E-state index is 14.6. The fourth-order valence-electron chi connectivity index (χ4n) is 3.31. The molecule has 2 unspecified atom stereocenters. The van der Waals surface area contributed by atoms with E-state index in [1.54, 1.807) is 19.1 Å². The van der Waals surface area contributed by atoms with Crippen molar-refractivity contribution in [1.29, 1.82) is 0 Å². The number of esters is 1. The van der Waals surface area contributed by atoms with Gasteiger partial charge < -0.3 is 15.5 Å². The van der Waals surface area contributed by atoms with Crippen LogP contribution in [0.25, 0.3) is 22.0 Å². The molecule has 0 spiro atoms. The molecule has 1 aromatic heterocycles. The average Bonchev–Trinajstić information content (AvgIpc) is 3.02. The first-order chi connectivity index (χ1) is 13.3. The van der Waals surface area contributed by atoms with Crippen molar-refractivity contribution in [1.82, 2.24) is 4.98 Å². The highest BCUT2D eigenvalue weighted by molar-refractivity contribution is 7.83.